The van der Waals surface area contributed by atoms with E-state index in [-0.39, 0.29) is 24.7 Å². The molecule has 0 unspecified atom stereocenters. The molecule has 5 nitrogen and oxygen atoms in total. The average molecular weight is 345 g/mol. The summed E-state index contributed by atoms with van der Waals surface area (Å²) in [6.07, 6.45) is 3.19. The normalized spacial score (nSPS) is 18.2. The van der Waals surface area contributed by atoms with Gasteiger partial charge in [0.2, 0.25) is 0 Å². The molecule has 1 aromatic rings. The number of esters is 1. The second kappa shape index (κ2) is 8.19. The van der Waals surface area contributed by atoms with Gasteiger partial charge in [-0.3, -0.25) is 0 Å². The Morgan fingerprint density at radius 2 is 1.92 bits per heavy atom. The maximum Gasteiger partial charge on any atom is 0.410 e. The zero-order valence-corrected chi connectivity index (χ0v) is 15.5. The number of ether oxygens (including phenoxy) is 2. The number of amides is 1. The van der Waals surface area contributed by atoms with Crippen molar-refractivity contribution in [2.75, 3.05) is 6.54 Å². The van der Waals surface area contributed by atoms with Gasteiger partial charge in [-0.2, -0.15) is 0 Å². The Morgan fingerprint density at radius 3 is 2.56 bits per heavy atom. The largest absolute Gasteiger partial charge is 0.457 e. The maximum absolute atomic E-state index is 12.3. The molecule has 1 amide bonds. The van der Waals surface area contributed by atoms with Crippen molar-refractivity contribution in [3.8, 4) is 0 Å². The van der Waals surface area contributed by atoms with Gasteiger partial charge >= 0.3 is 12.1 Å². The maximum atomic E-state index is 12.3. The van der Waals surface area contributed by atoms with Crippen LogP contribution in [0.5, 0.6) is 0 Å². The van der Waals surface area contributed by atoms with Gasteiger partial charge < -0.3 is 14.4 Å². The predicted molar refractivity (Wildman–Crippen MR) is 96.0 cm³/mol. The van der Waals surface area contributed by atoms with Gasteiger partial charge in [-0.1, -0.05) is 36.4 Å². The summed E-state index contributed by atoms with van der Waals surface area (Å²) >= 11 is 0. The monoisotopic (exact) mass is 345 g/mol. The molecule has 5 heteroatoms. The summed E-state index contributed by atoms with van der Waals surface area (Å²) in [5.74, 6) is -0.361. The van der Waals surface area contributed by atoms with Gasteiger partial charge in [0.1, 0.15) is 12.2 Å². The van der Waals surface area contributed by atoms with Crippen molar-refractivity contribution in [3.63, 3.8) is 0 Å². The van der Waals surface area contributed by atoms with Crippen molar-refractivity contribution < 1.29 is 19.1 Å². The van der Waals surface area contributed by atoms with Gasteiger partial charge in [0.25, 0.3) is 0 Å². The molecular weight excluding hydrogens is 318 g/mol. The third-order valence-electron chi connectivity index (χ3n) is 3.90. The predicted octanol–water partition coefficient (Wildman–Crippen LogP) is 4.08. The molecule has 1 aromatic carbocycles. The fourth-order valence-corrected chi connectivity index (χ4v) is 2.71. The van der Waals surface area contributed by atoms with E-state index in [0.717, 1.165) is 18.4 Å². The molecule has 25 heavy (non-hydrogen) atoms. The number of nitrogens with zero attached hydrogens (tertiary/aromatic N) is 1. The highest BCUT2D eigenvalue weighted by Crippen LogP contribution is 2.23. The molecule has 2 rings (SSSR count). The lowest BCUT2D eigenvalue weighted by Gasteiger charge is -2.27. The van der Waals surface area contributed by atoms with Crippen molar-refractivity contribution in [1.29, 1.82) is 0 Å². The second-order valence-electron chi connectivity index (χ2n) is 7.29. The zero-order chi connectivity index (χ0) is 18.4. The van der Waals surface area contributed by atoms with Gasteiger partial charge in [0.05, 0.1) is 6.04 Å². The first kappa shape index (κ1) is 19.0. The highest BCUT2D eigenvalue weighted by Gasteiger charge is 2.31. The van der Waals surface area contributed by atoms with Crippen molar-refractivity contribution in [2.45, 2.75) is 58.8 Å². The van der Waals surface area contributed by atoms with Crippen LogP contribution in [0, 0.1) is 0 Å². The van der Waals surface area contributed by atoms with Crippen LogP contribution in [0.1, 0.15) is 46.1 Å². The van der Waals surface area contributed by atoms with Crippen LogP contribution in [-0.4, -0.2) is 35.2 Å². The minimum atomic E-state index is -0.530. The molecule has 0 N–H and O–H groups in total. The summed E-state index contributed by atoms with van der Waals surface area (Å²) in [5, 5.41) is 0. The Labute approximate surface area is 149 Å². The molecule has 0 aromatic heterocycles. The van der Waals surface area contributed by atoms with Gasteiger partial charge in [-0.05, 0) is 46.1 Å². The molecule has 0 aliphatic carbocycles. The quantitative estimate of drug-likeness (QED) is 0.609. The summed E-state index contributed by atoms with van der Waals surface area (Å²) in [6, 6.07) is 9.42. The van der Waals surface area contributed by atoms with E-state index in [0.29, 0.717) is 12.1 Å². The van der Waals surface area contributed by atoms with E-state index in [2.05, 4.69) is 0 Å². The molecule has 0 saturated carbocycles. The van der Waals surface area contributed by atoms with E-state index in [1.807, 2.05) is 57.2 Å². The van der Waals surface area contributed by atoms with Crippen molar-refractivity contribution in [3.05, 3.63) is 47.5 Å². The Morgan fingerprint density at radius 1 is 1.24 bits per heavy atom. The van der Waals surface area contributed by atoms with Crippen LogP contribution < -0.4 is 0 Å². The summed E-state index contributed by atoms with van der Waals surface area (Å²) in [7, 11) is 0. The van der Waals surface area contributed by atoms with E-state index < -0.39 is 5.60 Å². The molecular formula is C20H27NO4. The Kier molecular flexibility index (Phi) is 6.23. The van der Waals surface area contributed by atoms with E-state index in [1.165, 1.54) is 0 Å². The fourth-order valence-electron chi connectivity index (χ4n) is 2.71. The molecule has 0 bridgehead atoms. The SMILES string of the molecule is C/C(=C/[C@@H]1CCCN1C(=O)OC(C)(C)C)C(=O)OCc1ccccc1. The lowest BCUT2D eigenvalue weighted by molar-refractivity contribution is -0.140. The number of carbonyl (C=O) groups is 2. The Bertz CT molecular complexity index is 631. The molecule has 0 spiro atoms. The van der Waals surface area contributed by atoms with Crippen LogP contribution >= 0.6 is 0 Å². The van der Waals surface area contributed by atoms with Crippen LogP contribution in [-0.2, 0) is 20.9 Å². The third kappa shape index (κ3) is 5.93. The molecule has 1 fully saturated rings. The lowest BCUT2D eigenvalue weighted by atomic mass is 10.1. The number of benzene rings is 1. The Hall–Kier alpha value is -2.30. The highest BCUT2D eigenvalue weighted by atomic mass is 16.6. The number of hydrogen-bond donors (Lipinski definition) is 0. The first-order valence-electron chi connectivity index (χ1n) is 8.65. The highest BCUT2D eigenvalue weighted by molar-refractivity contribution is 5.88. The molecule has 1 atom stereocenters. The summed E-state index contributed by atoms with van der Waals surface area (Å²) in [5.41, 5.74) is 0.925. The third-order valence-corrected chi connectivity index (χ3v) is 3.90. The van der Waals surface area contributed by atoms with E-state index >= 15 is 0 Å². The van der Waals surface area contributed by atoms with Crippen LogP contribution in [0.3, 0.4) is 0 Å². The van der Waals surface area contributed by atoms with Crippen LogP contribution in [0.25, 0.3) is 0 Å². The van der Waals surface area contributed by atoms with Crippen LogP contribution in [0.15, 0.2) is 42.0 Å². The topological polar surface area (TPSA) is 55.8 Å². The van der Waals surface area contributed by atoms with Crippen molar-refractivity contribution in [2.24, 2.45) is 0 Å². The van der Waals surface area contributed by atoms with Crippen LogP contribution in [0.4, 0.5) is 4.79 Å². The summed E-state index contributed by atoms with van der Waals surface area (Å²) < 4.78 is 10.8. The van der Waals surface area contributed by atoms with Gasteiger partial charge in [-0.25, -0.2) is 9.59 Å². The fraction of sp³-hybridized carbons (Fsp3) is 0.500. The average Bonchev–Trinajstić information content (AvgIpc) is 3.00. The van der Waals surface area contributed by atoms with Gasteiger partial charge in [-0.15, -0.1) is 0 Å². The number of likely N-dealkylation sites (tertiary alicyclic amines) is 1. The smallest absolute Gasteiger partial charge is 0.410 e. The van der Waals surface area contributed by atoms with E-state index in [1.54, 1.807) is 11.8 Å². The number of hydrogen-bond acceptors (Lipinski definition) is 4. The molecule has 0 radical (unpaired) electrons. The second-order valence-corrected chi connectivity index (χ2v) is 7.29. The zero-order valence-electron chi connectivity index (χ0n) is 15.5. The Balaban J connectivity index is 1.94. The minimum absolute atomic E-state index is 0.126. The molecule has 136 valence electrons. The lowest BCUT2D eigenvalue weighted by Crippen LogP contribution is -2.39. The minimum Gasteiger partial charge on any atom is -0.457 e. The summed E-state index contributed by atoms with van der Waals surface area (Å²) in [4.78, 5) is 26.2. The molecule has 1 saturated heterocycles. The van der Waals surface area contributed by atoms with Crippen LogP contribution in [0.2, 0.25) is 0 Å². The molecule has 1 aliphatic rings. The van der Waals surface area contributed by atoms with Crippen molar-refractivity contribution >= 4 is 12.1 Å². The summed E-state index contributed by atoms with van der Waals surface area (Å²) in [6.45, 7) is 8.14. The molecule has 1 aliphatic heterocycles. The van der Waals surface area contributed by atoms with Gasteiger partial charge in [0, 0.05) is 12.1 Å². The van der Waals surface area contributed by atoms with E-state index in [9.17, 15) is 9.59 Å². The van der Waals surface area contributed by atoms with Gasteiger partial charge in [0.15, 0.2) is 0 Å². The standard InChI is InChI=1S/C20H27NO4/c1-15(18(22)24-14-16-9-6-5-7-10-16)13-17-11-8-12-21(17)19(23)25-20(2,3)4/h5-7,9-10,13,17H,8,11-12,14H2,1-4H3/b15-13-/t17-/m0/s1. The first-order valence-corrected chi connectivity index (χ1v) is 8.65. The number of rotatable bonds is 4. The number of carbonyl (C=O) groups excluding carboxylic acids is 2. The first-order chi connectivity index (χ1) is 11.8. The van der Waals surface area contributed by atoms with Crippen molar-refractivity contribution in [1.82, 2.24) is 4.90 Å². The van der Waals surface area contributed by atoms with E-state index in [4.69, 9.17) is 9.47 Å². The molecule has 1 heterocycles.